The summed E-state index contributed by atoms with van der Waals surface area (Å²) in [5.41, 5.74) is 1.27. The van der Waals surface area contributed by atoms with Crippen LogP contribution in [-0.2, 0) is 19.8 Å². The molecule has 0 spiro atoms. The van der Waals surface area contributed by atoms with Gasteiger partial charge in [0.25, 0.3) is 0 Å². The first kappa shape index (κ1) is 13.3. The van der Waals surface area contributed by atoms with Crippen LogP contribution in [0.15, 0.2) is 30.6 Å². The first-order chi connectivity index (χ1) is 8.30. The summed E-state index contributed by atoms with van der Waals surface area (Å²) in [5.74, 6) is 0.485. The van der Waals surface area contributed by atoms with Gasteiger partial charge in [-0.25, -0.2) is 4.98 Å². The summed E-state index contributed by atoms with van der Waals surface area (Å²) in [6.45, 7) is -0.169. The molecule has 0 fully saturated rings. The molecule has 0 saturated carbocycles. The zero-order valence-electron chi connectivity index (χ0n) is 9.24. The van der Waals surface area contributed by atoms with Crippen LogP contribution in [0.2, 0.25) is 0 Å². The van der Waals surface area contributed by atoms with Gasteiger partial charge in [-0.3, -0.25) is 4.98 Å². The van der Waals surface area contributed by atoms with Gasteiger partial charge in [0, 0.05) is 12.4 Å². The van der Waals surface area contributed by atoms with Crippen molar-refractivity contribution in [3.8, 4) is 0 Å². The Hall–Kier alpha value is -1.76. The van der Waals surface area contributed by atoms with Gasteiger partial charge in [-0.1, -0.05) is 6.07 Å². The summed E-state index contributed by atoms with van der Waals surface area (Å²) in [7, 11) is 0. The predicted octanol–water partition coefficient (Wildman–Crippen LogP) is -0.0318. The summed E-state index contributed by atoms with van der Waals surface area (Å²) in [4.78, 5) is 10.3. The molecule has 0 unspecified atom stereocenters. The van der Waals surface area contributed by atoms with Gasteiger partial charge >= 0.3 is 0 Å². The number of hydrogen-bond acceptors (Lipinski definition) is 5. The van der Waals surface area contributed by atoms with Crippen LogP contribution in [0.5, 0.6) is 0 Å². The van der Waals surface area contributed by atoms with E-state index in [4.69, 9.17) is 15.3 Å². The third-order valence-corrected chi connectivity index (χ3v) is 1.88. The van der Waals surface area contributed by atoms with Crippen molar-refractivity contribution in [1.29, 1.82) is 0 Å². The highest BCUT2D eigenvalue weighted by atomic mass is 16.3. The van der Waals surface area contributed by atoms with Crippen molar-refractivity contribution >= 4 is 0 Å². The van der Waals surface area contributed by atoms with E-state index in [9.17, 15) is 0 Å². The number of aromatic amines is 1. The molecule has 2 heterocycles. The van der Waals surface area contributed by atoms with Gasteiger partial charge in [-0.2, -0.15) is 0 Å². The lowest BCUT2D eigenvalue weighted by atomic mass is 10.4. The zero-order valence-corrected chi connectivity index (χ0v) is 9.24. The van der Waals surface area contributed by atoms with Gasteiger partial charge in [0.05, 0.1) is 24.6 Å². The molecule has 0 bridgehead atoms. The summed E-state index contributed by atoms with van der Waals surface area (Å²) < 4.78 is 0. The molecule has 6 heteroatoms. The molecule has 2 rings (SSSR count). The van der Waals surface area contributed by atoms with E-state index in [1.807, 2.05) is 12.1 Å². The second-order valence-electron chi connectivity index (χ2n) is 3.13. The minimum Gasteiger partial charge on any atom is -0.390 e. The van der Waals surface area contributed by atoms with E-state index in [-0.39, 0.29) is 19.8 Å². The van der Waals surface area contributed by atoms with Crippen molar-refractivity contribution in [2.24, 2.45) is 0 Å². The van der Waals surface area contributed by atoms with Crippen LogP contribution < -0.4 is 0 Å². The normalized spacial score (nSPS) is 9.59. The molecule has 0 aliphatic heterocycles. The number of imidazole rings is 1. The third-order valence-electron chi connectivity index (χ3n) is 1.88. The third kappa shape index (κ3) is 4.73. The molecule has 0 aliphatic carbocycles. The van der Waals surface area contributed by atoms with Crippen LogP contribution in [0, 0.1) is 0 Å². The molecule has 2 aromatic rings. The molecule has 0 amide bonds. The maximum Gasteiger partial charge on any atom is 0.132 e. The van der Waals surface area contributed by atoms with E-state index in [0.29, 0.717) is 17.2 Å². The van der Waals surface area contributed by atoms with E-state index in [1.54, 1.807) is 18.5 Å². The van der Waals surface area contributed by atoms with Crippen LogP contribution in [-0.4, -0.2) is 30.3 Å². The first-order valence-electron chi connectivity index (χ1n) is 5.05. The van der Waals surface area contributed by atoms with Gasteiger partial charge < -0.3 is 20.3 Å². The summed E-state index contributed by atoms with van der Waals surface area (Å²) >= 11 is 0. The Morgan fingerprint density at radius 2 is 1.76 bits per heavy atom. The number of nitrogens with one attached hydrogen (secondary N) is 1. The molecular formula is C11H15N3O3. The maximum absolute atomic E-state index is 8.48. The van der Waals surface area contributed by atoms with Crippen LogP contribution in [0.25, 0.3) is 0 Å². The van der Waals surface area contributed by atoms with Crippen LogP contribution in [0.1, 0.15) is 17.2 Å². The quantitative estimate of drug-likeness (QED) is 0.600. The molecule has 0 aromatic carbocycles. The molecule has 17 heavy (non-hydrogen) atoms. The molecule has 4 N–H and O–H groups in total. The zero-order chi connectivity index (χ0) is 12.5. The van der Waals surface area contributed by atoms with E-state index in [2.05, 4.69) is 15.0 Å². The van der Waals surface area contributed by atoms with Gasteiger partial charge in [0.2, 0.25) is 0 Å². The molecule has 0 atom stereocenters. The number of H-pyrrole nitrogens is 1. The second kappa shape index (κ2) is 7.50. The number of pyridine rings is 1. The SMILES string of the molecule is OCc1c[nH]c(CO)n1.OCc1ccccn1. The van der Waals surface area contributed by atoms with Gasteiger partial charge in [-0.05, 0) is 12.1 Å². The Morgan fingerprint density at radius 1 is 1.00 bits per heavy atom. The number of rotatable bonds is 3. The number of hydrogen-bond donors (Lipinski definition) is 4. The molecule has 0 aliphatic rings. The molecule has 92 valence electrons. The number of aliphatic hydroxyl groups is 3. The summed E-state index contributed by atoms with van der Waals surface area (Å²) in [5, 5.41) is 25.4. The van der Waals surface area contributed by atoms with Crippen molar-refractivity contribution in [3.63, 3.8) is 0 Å². The topological polar surface area (TPSA) is 102 Å². The predicted molar refractivity (Wildman–Crippen MR) is 60.6 cm³/mol. The largest absolute Gasteiger partial charge is 0.390 e. The van der Waals surface area contributed by atoms with Crippen molar-refractivity contribution in [1.82, 2.24) is 15.0 Å². The van der Waals surface area contributed by atoms with E-state index in [0.717, 1.165) is 0 Å². The minimum atomic E-state index is -0.111. The van der Waals surface area contributed by atoms with Gasteiger partial charge in [0.1, 0.15) is 12.4 Å². The maximum atomic E-state index is 8.48. The van der Waals surface area contributed by atoms with E-state index in [1.165, 1.54) is 0 Å². The smallest absolute Gasteiger partial charge is 0.132 e. The highest BCUT2D eigenvalue weighted by Crippen LogP contribution is 1.94. The lowest BCUT2D eigenvalue weighted by Gasteiger charge is -1.88. The number of aromatic nitrogens is 3. The minimum absolute atomic E-state index is 0.0286. The standard InChI is InChI=1S/C6H7NO.C5H8N2O2/c8-5-6-3-1-2-4-7-6;8-2-4-1-6-5(3-9)7-4/h1-4,8H,5H2;1,8-9H,2-3H2,(H,6,7). The lowest BCUT2D eigenvalue weighted by Crippen LogP contribution is -1.86. The lowest BCUT2D eigenvalue weighted by molar-refractivity contribution is 0.266. The molecule has 0 saturated heterocycles. The molecule has 0 radical (unpaired) electrons. The summed E-state index contributed by atoms with van der Waals surface area (Å²) in [6, 6.07) is 5.44. The highest BCUT2D eigenvalue weighted by Gasteiger charge is 1.95. The van der Waals surface area contributed by atoms with Gasteiger partial charge in [-0.15, -0.1) is 0 Å². The fourth-order valence-electron chi connectivity index (χ4n) is 1.06. The Balaban J connectivity index is 0.000000171. The molecule has 6 nitrogen and oxygen atoms in total. The van der Waals surface area contributed by atoms with Gasteiger partial charge in [0.15, 0.2) is 0 Å². The van der Waals surface area contributed by atoms with E-state index >= 15 is 0 Å². The van der Waals surface area contributed by atoms with Crippen molar-refractivity contribution in [2.45, 2.75) is 19.8 Å². The van der Waals surface area contributed by atoms with E-state index < -0.39 is 0 Å². The molecule has 2 aromatic heterocycles. The monoisotopic (exact) mass is 237 g/mol. The fourth-order valence-corrected chi connectivity index (χ4v) is 1.06. The average Bonchev–Trinajstić information content (AvgIpc) is 2.88. The Kier molecular flexibility index (Phi) is 5.87. The Bertz CT molecular complexity index is 398. The van der Waals surface area contributed by atoms with Crippen molar-refractivity contribution < 1.29 is 15.3 Å². The Labute approximate surface area is 98.6 Å². The summed E-state index contributed by atoms with van der Waals surface area (Å²) in [6.07, 6.45) is 3.22. The van der Waals surface area contributed by atoms with Crippen LogP contribution in [0.4, 0.5) is 0 Å². The van der Waals surface area contributed by atoms with Crippen LogP contribution >= 0.6 is 0 Å². The first-order valence-corrected chi connectivity index (χ1v) is 5.05. The van der Waals surface area contributed by atoms with Crippen molar-refractivity contribution in [2.75, 3.05) is 0 Å². The van der Waals surface area contributed by atoms with Crippen molar-refractivity contribution in [3.05, 3.63) is 47.8 Å². The highest BCUT2D eigenvalue weighted by molar-refractivity contribution is 5.01. The number of aliphatic hydroxyl groups excluding tert-OH is 3. The van der Waals surface area contributed by atoms with Crippen LogP contribution in [0.3, 0.4) is 0 Å². The Morgan fingerprint density at radius 3 is 2.12 bits per heavy atom. The second-order valence-corrected chi connectivity index (χ2v) is 3.13. The molecular weight excluding hydrogens is 222 g/mol. The number of nitrogens with zero attached hydrogens (tertiary/aromatic N) is 2. The average molecular weight is 237 g/mol. The fraction of sp³-hybridized carbons (Fsp3) is 0.273.